The van der Waals surface area contributed by atoms with E-state index in [-0.39, 0.29) is 58.6 Å². The summed E-state index contributed by atoms with van der Waals surface area (Å²) in [5.41, 5.74) is 4.02. The van der Waals surface area contributed by atoms with Crippen molar-refractivity contribution in [2.75, 3.05) is 14.2 Å². The zero-order valence-electron chi connectivity index (χ0n) is 35.2. The molecule has 0 unspecified atom stereocenters. The van der Waals surface area contributed by atoms with E-state index < -0.39 is 18.2 Å². The molecular weight excluding hydrogens is 807 g/mol. The van der Waals surface area contributed by atoms with Crippen LogP contribution in [0.5, 0.6) is 0 Å². The average molecular weight is 864 g/mol. The van der Waals surface area contributed by atoms with Crippen molar-refractivity contribution < 1.29 is 28.9 Å². The van der Waals surface area contributed by atoms with Gasteiger partial charge in [-0.1, -0.05) is 75.2 Å². The molecule has 3 N–H and O–H groups in total. The number of ether oxygens (including phenoxy) is 1. The van der Waals surface area contributed by atoms with E-state index in [9.17, 15) is 14.4 Å². The van der Waals surface area contributed by atoms with E-state index >= 15 is 0 Å². The molecule has 2 aromatic heterocycles. The van der Waals surface area contributed by atoms with Gasteiger partial charge < -0.3 is 34.7 Å². The van der Waals surface area contributed by atoms with E-state index in [1.807, 2.05) is 37.5 Å². The molecule has 1 aromatic carbocycles. The second-order valence-electron chi connectivity index (χ2n) is 18.9. The minimum absolute atomic E-state index is 0.0258. The van der Waals surface area contributed by atoms with Gasteiger partial charge in [-0.2, -0.15) is 4.89 Å². The van der Waals surface area contributed by atoms with Crippen molar-refractivity contribution in [3.05, 3.63) is 57.5 Å². The third-order valence-electron chi connectivity index (χ3n) is 14.9. The number of aromatic nitrogens is 4. The summed E-state index contributed by atoms with van der Waals surface area (Å²) in [5.74, 6) is 2.06. The maximum Gasteiger partial charge on any atom is 0.407 e. The number of piperidine rings is 2. The van der Waals surface area contributed by atoms with Crippen molar-refractivity contribution in [3.8, 4) is 11.3 Å². The minimum Gasteiger partial charge on any atom is -0.453 e. The van der Waals surface area contributed by atoms with E-state index in [0.29, 0.717) is 28.0 Å². The van der Waals surface area contributed by atoms with Gasteiger partial charge in [-0.15, -0.1) is 0 Å². The third-order valence-corrected chi connectivity index (χ3v) is 15.5. The number of carbonyl (C=O) groups is 3. The number of imidazole rings is 2. The molecule has 322 valence electrons. The highest BCUT2D eigenvalue weighted by Gasteiger charge is 2.58. The minimum atomic E-state index is -0.687. The zero-order chi connectivity index (χ0) is 42.2. The lowest BCUT2D eigenvalue weighted by Crippen LogP contribution is -2.52. The number of benzene rings is 1. The van der Waals surface area contributed by atoms with E-state index in [0.717, 1.165) is 87.0 Å². The molecule has 16 heteroatoms. The summed E-state index contributed by atoms with van der Waals surface area (Å²) < 4.78 is 4.84. The number of halogens is 2. The van der Waals surface area contributed by atoms with Crippen molar-refractivity contribution in [1.29, 1.82) is 0 Å². The Balaban J connectivity index is 0.882. The molecule has 4 heterocycles. The summed E-state index contributed by atoms with van der Waals surface area (Å²) in [7, 11) is 2.71. The van der Waals surface area contributed by atoms with Gasteiger partial charge in [0.25, 0.3) is 0 Å². The predicted octanol–water partition coefficient (Wildman–Crippen LogP) is 7.99. The van der Waals surface area contributed by atoms with Crippen LogP contribution in [-0.2, 0) is 34.9 Å². The smallest absolute Gasteiger partial charge is 0.407 e. The number of nitrogens with zero attached hydrogens (tertiary/aromatic N) is 5. The van der Waals surface area contributed by atoms with Crippen molar-refractivity contribution in [3.63, 3.8) is 0 Å². The highest BCUT2D eigenvalue weighted by Crippen LogP contribution is 2.60. The summed E-state index contributed by atoms with van der Waals surface area (Å²) in [4.78, 5) is 74.7. The lowest BCUT2D eigenvalue weighted by atomic mass is 9.51. The quantitative estimate of drug-likeness (QED) is 0.0673. The molecule has 2 aliphatic heterocycles. The van der Waals surface area contributed by atoms with E-state index in [1.54, 1.807) is 0 Å². The second-order valence-corrected chi connectivity index (χ2v) is 19.6. The van der Waals surface area contributed by atoms with Crippen molar-refractivity contribution in [2.45, 2.75) is 139 Å². The third kappa shape index (κ3) is 7.07. The molecular formula is C44H56Cl2N8O6. The Kier molecular flexibility index (Phi) is 10.7. The van der Waals surface area contributed by atoms with Crippen molar-refractivity contribution in [2.24, 2.45) is 28.7 Å². The number of aromatic amines is 2. The number of nitrogens with one attached hydrogen (secondary N) is 3. The van der Waals surface area contributed by atoms with Crippen LogP contribution in [0.25, 0.3) is 11.3 Å². The van der Waals surface area contributed by atoms with Crippen LogP contribution in [0.3, 0.4) is 0 Å². The molecule has 60 heavy (non-hydrogen) atoms. The molecule has 5 aliphatic carbocycles. The fourth-order valence-corrected chi connectivity index (χ4v) is 11.9. The number of amides is 3. The fourth-order valence-electron chi connectivity index (χ4n) is 11.3. The highest BCUT2D eigenvalue weighted by molar-refractivity contribution is 6.32. The Morgan fingerprint density at radius 3 is 1.93 bits per heavy atom. The molecule has 7 fully saturated rings. The van der Waals surface area contributed by atoms with E-state index in [1.165, 1.54) is 26.2 Å². The number of hydrogen-bond donors (Lipinski definition) is 3. The monoisotopic (exact) mass is 862 g/mol. The van der Waals surface area contributed by atoms with Gasteiger partial charge in [0.1, 0.15) is 23.7 Å². The van der Waals surface area contributed by atoms with Gasteiger partial charge in [0.15, 0.2) is 10.3 Å². The molecule has 0 spiro atoms. The van der Waals surface area contributed by atoms with E-state index in [4.69, 9.17) is 42.8 Å². The first kappa shape index (κ1) is 41.2. The molecule has 14 nitrogen and oxygen atoms in total. The van der Waals surface area contributed by atoms with Crippen LogP contribution in [0.15, 0.2) is 29.3 Å². The summed E-state index contributed by atoms with van der Waals surface area (Å²) in [6, 6.07) is 7.42. The first-order valence-electron chi connectivity index (χ1n) is 21.6. The van der Waals surface area contributed by atoms with Gasteiger partial charge in [0.2, 0.25) is 18.2 Å². The number of hydrogen-bond acceptors (Lipinski definition) is 9. The summed E-state index contributed by atoms with van der Waals surface area (Å²) >= 11 is 13.8. The number of aliphatic imine (C=N–C) groups is 1. The van der Waals surface area contributed by atoms with Crippen LogP contribution in [0.2, 0.25) is 10.3 Å². The van der Waals surface area contributed by atoms with Crippen LogP contribution in [0.1, 0.15) is 127 Å². The average Bonchev–Trinajstić information content (AvgIpc) is 3.95. The van der Waals surface area contributed by atoms with Gasteiger partial charge in [0.05, 0.1) is 37.7 Å². The van der Waals surface area contributed by atoms with Crippen LogP contribution in [0, 0.1) is 23.7 Å². The lowest BCUT2D eigenvalue weighted by molar-refractivity contribution is -0.188. The summed E-state index contributed by atoms with van der Waals surface area (Å²) in [6.45, 7) is 7.81. The molecule has 10 rings (SSSR count). The summed E-state index contributed by atoms with van der Waals surface area (Å²) in [5, 5.41) is 3.67. The van der Waals surface area contributed by atoms with E-state index in [2.05, 4.69) is 49.4 Å². The van der Waals surface area contributed by atoms with Gasteiger partial charge >= 0.3 is 6.09 Å². The predicted molar refractivity (Wildman–Crippen MR) is 225 cm³/mol. The van der Waals surface area contributed by atoms with Crippen LogP contribution >= 0.6 is 23.2 Å². The van der Waals surface area contributed by atoms with Gasteiger partial charge in [0, 0.05) is 23.1 Å². The number of likely N-dealkylation sites (tertiary alicyclic amines) is 2. The van der Waals surface area contributed by atoms with Crippen molar-refractivity contribution >= 4 is 47.5 Å². The van der Waals surface area contributed by atoms with Crippen LogP contribution in [0.4, 0.5) is 4.79 Å². The molecule has 8 atom stereocenters. The Bertz CT molecular complexity index is 2150. The van der Waals surface area contributed by atoms with Crippen molar-refractivity contribution in [1.82, 2.24) is 35.1 Å². The summed E-state index contributed by atoms with van der Waals surface area (Å²) in [6.07, 6.45) is 10.3. The Hall–Kier alpha value is -4.14. The first-order chi connectivity index (χ1) is 28.8. The number of H-pyrrole nitrogens is 2. The molecule has 2 saturated heterocycles. The number of carbonyl (C=O) groups excluding carboxylic acids is 3. The standard InChI is InChI=1S/C44H56Cl2N8O6/c1-22(2)32(47-21-60-59-6)40(55)53-28-17-25(28)19-30(53)38-48-34(36(45)51-38)24-7-9-27(10-8-24)43-11-14-44(15-12-43,16-13-43)35-37(46)52-39(50-35)31-20-26-18-29(26)54(31)41(56)33(23(3)4)49-42(57)58-5/h7-10,21-23,25-26,28-33H,11-20H2,1-6H3,(H,48,51)(H,49,57)(H,50,52)/b47-21-/t25-,26-,28-,29-,30+,31+,32+,33+,43?,44?/m1/s1. The highest BCUT2D eigenvalue weighted by atomic mass is 35.5. The molecule has 5 saturated carbocycles. The first-order valence-corrected chi connectivity index (χ1v) is 22.4. The molecule has 7 aliphatic rings. The zero-order valence-corrected chi connectivity index (χ0v) is 36.7. The van der Waals surface area contributed by atoms with Gasteiger partial charge in [-0.25, -0.2) is 19.8 Å². The Morgan fingerprint density at radius 1 is 0.800 bits per heavy atom. The number of methoxy groups -OCH3 is 1. The molecule has 3 amide bonds. The Labute approximate surface area is 360 Å². The molecule has 2 bridgehead atoms. The van der Waals surface area contributed by atoms with Gasteiger partial charge in [-0.3, -0.25) is 9.59 Å². The lowest BCUT2D eigenvalue weighted by Gasteiger charge is -2.53. The molecule has 3 aromatic rings. The fraction of sp³-hybridized carbons (Fsp3) is 0.636. The number of rotatable bonds is 13. The number of fused-ring (bicyclic) bond motifs is 5. The Morgan fingerprint density at radius 2 is 1.37 bits per heavy atom. The van der Waals surface area contributed by atoms with Gasteiger partial charge in [-0.05, 0) is 98.9 Å². The normalized spacial score (nSPS) is 31.1. The molecule has 0 radical (unpaired) electrons. The van der Waals surface area contributed by atoms with Crippen LogP contribution < -0.4 is 5.32 Å². The topological polar surface area (TPSA) is 167 Å². The maximum absolute atomic E-state index is 14.0. The number of alkyl carbamates (subject to hydrolysis) is 1. The second kappa shape index (κ2) is 15.6. The van der Waals surface area contributed by atoms with Crippen LogP contribution in [-0.4, -0.2) is 92.4 Å². The maximum atomic E-state index is 14.0. The SMILES string of the molecule is COO/C=N\[C@H](C(=O)N1[C@@H]2C[C@@H]2C[C@H]1c1nc(Cl)c(-c2ccc(C34CCC(c5[nH]c([C@@H]6C[C@H]7C[C@H]7N6C(=O)[C@@H](NC(=O)OC)C(C)C)nc5Cl)(CC3)CC4)cc2)[nH]1)C(C)C. The largest absolute Gasteiger partial charge is 0.453 e.